The first-order chi connectivity index (χ1) is 21.9. The van der Waals surface area contributed by atoms with Crippen LogP contribution >= 0.6 is 23.5 Å². The zero-order chi connectivity index (χ0) is 35.8. The molecule has 0 radical (unpaired) electrons. The summed E-state index contributed by atoms with van der Waals surface area (Å²) in [5, 5.41) is 46.2. The molecule has 0 aromatic heterocycles. The number of thioether (sulfide) groups is 2. The Morgan fingerprint density at radius 1 is 0.638 bits per heavy atom. The highest BCUT2D eigenvalue weighted by Crippen LogP contribution is 2.33. The van der Waals surface area contributed by atoms with E-state index in [1.54, 1.807) is 0 Å². The van der Waals surface area contributed by atoms with Crippen molar-refractivity contribution in [1.82, 2.24) is 26.6 Å². The van der Waals surface area contributed by atoms with E-state index in [-0.39, 0.29) is 22.7 Å². The lowest BCUT2D eigenvalue weighted by Crippen LogP contribution is -2.49. The topological polar surface area (TPSA) is 364 Å². The first-order valence-electron chi connectivity index (χ1n) is 13.3. The van der Waals surface area contributed by atoms with Crippen molar-refractivity contribution in [2.45, 2.75) is 49.9 Å². The maximum absolute atomic E-state index is 12.6. The third-order valence-corrected chi connectivity index (χ3v) is 8.25. The van der Waals surface area contributed by atoms with Crippen LogP contribution < -0.4 is 38.1 Å². The molecule has 0 unspecified atom stereocenters. The molecular weight excluding hydrogens is 674 g/mol. The molecule has 1 heterocycles. The number of rotatable bonds is 22. The fourth-order valence-electron chi connectivity index (χ4n) is 3.31. The standard InChI is InChI=1S/C24H33N7O14S2/c25-9(23(42)43)1-3-13(32)29-11(19(38)27-5-15(34)35)7-46-17-18(22(41)31-21(17)40)47-8-12(20(39)28-6-16(36)37)30-14(33)4-2-10(26)24(44)45/h9-12H,1-8,25-26H2,(H,27,38)(H,28,39)(H,29,32)(H,30,33)(H,34,35)(H,36,37)(H,42,43)(H,44,45)(H,31,40,41)/t9-,10-,11-,12-/m0/s1. The molecule has 0 saturated carbocycles. The molecule has 0 saturated heterocycles. The fraction of sp³-hybridized carbons (Fsp3) is 0.500. The van der Waals surface area contributed by atoms with Gasteiger partial charge in [0.1, 0.15) is 37.3 Å². The first-order valence-corrected chi connectivity index (χ1v) is 15.3. The van der Waals surface area contributed by atoms with Crippen LogP contribution in [0.4, 0.5) is 0 Å². The highest BCUT2D eigenvalue weighted by atomic mass is 32.2. The van der Waals surface area contributed by atoms with Crippen LogP contribution in [-0.4, -0.2) is 129 Å². The molecule has 0 bridgehead atoms. The van der Waals surface area contributed by atoms with E-state index in [1.807, 2.05) is 5.32 Å². The second-order valence-electron chi connectivity index (χ2n) is 9.49. The molecule has 4 atom stereocenters. The van der Waals surface area contributed by atoms with E-state index in [0.717, 1.165) is 0 Å². The number of carbonyl (C=O) groups is 10. The summed E-state index contributed by atoms with van der Waals surface area (Å²) in [5.41, 5.74) is 10.7. The third kappa shape index (κ3) is 14.9. The number of aliphatic carboxylic acids is 4. The van der Waals surface area contributed by atoms with E-state index < -0.39 is 121 Å². The van der Waals surface area contributed by atoms with E-state index in [0.29, 0.717) is 23.5 Å². The first kappa shape index (κ1) is 40.3. The molecule has 1 rings (SSSR count). The number of nitrogens with two attached hydrogens (primary N) is 2. The quantitative estimate of drug-likeness (QED) is 0.0469. The largest absolute Gasteiger partial charge is 0.480 e. The van der Waals surface area contributed by atoms with Crippen LogP contribution in [0, 0.1) is 0 Å². The van der Waals surface area contributed by atoms with Crippen LogP contribution in [0.15, 0.2) is 9.81 Å². The molecular formula is C24H33N7O14S2. The number of nitrogens with one attached hydrogen (secondary N) is 5. The molecule has 1 aliphatic rings. The van der Waals surface area contributed by atoms with Gasteiger partial charge >= 0.3 is 23.9 Å². The van der Waals surface area contributed by atoms with Gasteiger partial charge < -0.3 is 53.2 Å². The van der Waals surface area contributed by atoms with Gasteiger partial charge in [0.25, 0.3) is 11.8 Å². The number of hydrogen-bond donors (Lipinski definition) is 11. The molecule has 23 heteroatoms. The van der Waals surface area contributed by atoms with Gasteiger partial charge in [-0.1, -0.05) is 0 Å². The average molecular weight is 708 g/mol. The summed E-state index contributed by atoms with van der Waals surface area (Å²) in [5.74, 6) is -11.9. The smallest absolute Gasteiger partial charge is 0.322 e. The molecule has 0 fully saturated rings. The van der Waals surface area contributed by atoms with E-state index >= 15 is 0 Å². The van der Waals surface area contributed by atoms with E-state index in [4.69, 9.17) is 31.9 Å². The molecule has 0 aromatic rings. The second-order valence-corrected chi connectivity index (χ2v) is 11.6. The molecule has 0 aliphatic carbocycles. The van der Waals surface area contributed by atoms with Crippen molar-refractivity contribution in [3.05, 3.63) is 9.81 Å². The molecule has 0 aromatic carbocycles. The van der Waals surface area contributed by atoms with Crippen LogP contribution in [0.25, 0.3) is 0 Å². The van der Waals surface area contributed by atoms with Gasteiger partial charge in [-0.2, -0.15) is 0 Å². The Bertz CT molecular complexity index is 1230. The zero-order valence-electron chi connectivity index (χ0n) is 24.3. The van der Waals surface area contributed by atoms with E-state index in [9.17, 15) is 47.9 Å². The van der Waals surface area contributed by atoms with Crippen molar-refractivity contribution in [3.8, 4) is 0 Å². The number of imide groups is 1. The zero-order valence-corrected chi connectivity index (χ0v) is 25.9. The monoisotopic (exact) mass is 707 g/mol. The van der Waals surface area contributed by atoms with Crippen LogP contribution in [0.5, 0.6) is 0 Å². The van der Waals surface area contributed by atoms with Gasteiger partial charge in [0.05, 0.1) is 9.81 Å². The van der Waals surface area contributed by atoms with E-state index in [2.05, 4.69) is 21.3 Å². The van der Waals surface area contributed by atoms with Crippen molar-refractivity contribution in [3.63, 3.8) is 0 Å². The molecule has 13 N–H and O–H groups in total. The summed E-state index contributed by atoms with van der Waals surface area (Å²) < 4.78 is 0. The van der Waals surface area contributed by atoms with Gasteiger partial charge in [0, 0.05) is 24.3 Å². The number of amides is 6. The van der Waals surface area contributed by atoms with Gasteiger partial charge in [-0.3, -0.25) is 53.3 Å². The fourth-order valence-corrected chi connectivity index (χ4v) is 5.61. The molecule has 1 aliphatic heterocycles. The SMILES string of the molecule is N[C@@H](CCC(=O)N[C@@H](CSC1=C(SC[C@H](NC(=O)CC[C@H](N)C(=O)O)C(=O)NCC(=O)O)C(=O)NC1=O)C(=O)NCC(=O)O)C(=O)O. The lowest BCUT2D eigenvalue weighted by atomic mass is 10.1. The van der Waals surface area contributed by atoms with Crippen LogP contribution in [0.3, 0.4) is 0 Å². The van der Waals surface area contributed by atoms with Crippen LogP contribution in [-0.2, 0) is 47.9 Å². The second kappa shape index (κ2) is 19.7. The van der Waals surface area contributed by atoms with Gasteiger partial charge in [-0.15, -0.1) is 23.5 Å². The Hall–Kier alpha value is -4.74. The number of carbonyl (C=O) groups excluding carboxylic acids is 6. The molecule has 0 spiro atoms. The van der Waals surface area contributed by atoms with Gasteiger partial charge in [0.15, 0.2) is 0 Å². The minimum Gasteiger partial charge on any atom is -0.480 e. The maximum atomic E-state index is 12.6. The third-order valence-electron chi connectivity index (χ3n) is 5.76. The molecule has 6 amide bonds. The average Bonchev–Trinajstić information content (AvgIpc) is 3.26. The van der Waals surface area contributed by atoms with Crippen molar-refractivity contribution < 1.29 is 68.4 Å². The Morgan fingerprint density at radius 3 is 1.28 bits per heavy atom. The predicted molar refractivity (Wildman–Crippen MR) is 160 cm³/mol. The van der Waals surface area contributed by atoms with Gasteiger partial charge in [-0.05, 0) is 12.8 Å². The summed E-state index contributed by atoms with van der Waals surface area (Å²) in [7, 11) is 0. The molecule has 260 valence electrons. The summed E-state index contributed by atoms with van der Waals surface area (Å²) >= 11 is 1.19. The minimum absolute atomic E-state index is 0.276. The Balaban J connectivity index is 3.13. The molecule has 21 nitrogen and oxygen atoms in total. The van der Waals surface area contributed by atoms with Gasteiger partial charge in [-0.25, -0.2) is 0 Å². The minimum atomic E-state index is -1.49. The molecule has 47 heavy (non-hydrogen) atoms. The predicted octanol–water partition coefficient (Wildman–Crippen LogP) is -4.92. The summed E-state index contributed by atoms with van der Waals surface area (Å²) in [6, 6.07) is -5.73. The lowest BCUT2D eigenvalue weighted by molar-refractivity contribution is -0.140. The number of carboxylic acids is 4. The van der Waals surface area contributed by atoms with Crippen molar-refractivity contribution >= 4 is 82.8 Å². The normalized spacial score (nSPS) is 15.0. The Labute approximate surface area is 273 Å². The van der Waals surface area contributed by atoms with Crippen molar-refractivity contribution in [2.24, 2.45) is 11.5 Å². The highest BCUT2D eigenvalue weighted by molar-refractivity contribution is 8.08. The van der Waals surface area contributed by atoms with Crippen LogP contribution in [0.1, 0.15) is 25.7 Å². The number of carboxylic acid groups (broad SMARTS) is 4. The van der Waals surface area contributed by atoms with E-state index in [1.165, 1.54) is 0 Å². The highest BCUT2D eigenvalue weighted by Gasteiger charge is 2.34. The summed E-state index contributed by atoms with van der Waals surface area (Å²) in [6.07, 6.45) is -1.46. The maximum Gasteiger partial charge on any atom is 0.322 e. The summed E-state index contributed by atoms with van der Waals surface area (Å²) in [4.78, 5) is 118. The van der Waals surface area contributed by atoms with Gasteiger partial charge in [0.2, 0.25) is 23.6 Å². The lowest BCUT2D eigenvalue weighted by Gasteiger charge is -2.19. The van der Waals surface area contributed by atoms with Crippen molar-refractivity contribution in [1.29, 1.82) is 0 Å². The van der Waals surface area contributed by atoms with Crippen molar-refractivity contribution in [2.75, 3.05) is 24.6 Å². The van der Waals surface area contributed by atoms with Crippen LogP contribution in [0.2, 0.25) is 0 Å². The summed E-state index contributed by atoms with van der Waals surface area (Å²) in [6.45, 7) is -1.66. The Kier molecular flexibility index (Phi) is 16.9. The Morgan fingerprint density at radius 2 is 0.979 bits per heavy atom. The number of hydrogen-bond acceptors (Lipinski definition) is 14.